The Morgan fingerprint density at radius 1 is 1.52 bits per heavy atom. The highest BCUT2D eigenvalue weighted by atomic mass is 16.6. The molecule has 21 heavy (non-hydrogen) atoms. The van der Waals surface area contributed by atoms with Gasteiger partial charge >= 0.3 is 0 Å². The molecule has 1 saturated carbocycles. The van der Waals surface area contributed by atoms with E-state index in [1.165, 1.54) is 25.0 Å². The maximum atomic E-state index is 10.9. The lowest BCUT2D eigenvalue weighted by atomic mass is 10.1. The van der Waals surface area contributed by atoms with Crippen LogP contribution in [0.15, 0.2) is 23.4 Å². The molecule has 1 aliphatic carbocycles. The van der Waals surface area contributed by atoms with Crippen molar-refractivity contribution in [3.63, 3.8) is 0 Å². The van der Waals surface area contributed by atoms with Crippen LogP contribution in [0.5, 0.6) is 0 Å². The number of rotatable bonds is 5. The quantitative estimate of drug-likeness (QED) is 0.285. The molecule has 1 aliphatic rings. The zero-order valence-corrected chi connectivity index (χ0v) is 12.0. The Morgan fingerprint density at radius 3 is 2.71 bits per heavy atom. The van der Waals surface area contributed by atoms with Gasteiger partial charge in [0.25, 0.3) is 5.69 Å². The van der Waals surface area contributed by atoms with Gasteiger partial charge in [-0.3, -0.25) is 10.1 Å². The molecular weight excluding hydrogens is 272 g/mol. The summed E-state index contributed by atoms with van der Waals surface area (Å²) < 4.78 is 0. The number of non-ortho nitro benzene ring substituents is 1. The number of benzene rings is 1. The molecule has 0 aromatic heterocycles. The van der Waals surface area contributed by atoms with E-state index in [0.29, 0.717) is 11.6 Å². The molecule has 0 spiro atoms. The highest BCUT2D eigenvalue weighted by Crippen LogP contribution is 2.32. The summed E-state index contributed by atoms with van der Waals surface area (Å²) in [5, 5.41) is 22.9. The van der Waals surface area contributed by atoms with E-state index >= 15 is 0 Å². The van der Waals surface area contributed by atoms with E-state index in [1.54, 1.807) is 6.07 Å². The molecule has 1 aromatic rings. The predicted molar refractivity (Wildman–Crippen MR) is 80.9 cm³/mol. The third-order valence-corrected chi connectivity index (χ3v) is 3.99. The first-order chi connectivity index (χ1) is 10.1. The maximum absolute atomic E-state index is 10.9. The van der Waals surface area contributed by atoms with Crippen molar-refractivity contribution >= 4 is 17.2 Å². The third-order valence-electron chi connectivity index (χ3n) is 3.99. The first-order valence-corrected chi connectivity index (χ1v) is 7.11. The van der Waals surface area contributed by atoms with Crippen molar-refractivity contribution < 1.29 is 10.1 Å². The lowest BCUT2D eigenvalue weighted by Crippen LogP contribution is -2.34. The number of oxime groups is 1. The summed E-state index contributed by atoms with van der Waals surface area (Å²) in [5.41, 5.74) is 6.83. The largest absolute Gasteiger partial charge is 0.409 e. The van der Waals surface area contributed by atoms with Crippen molar-refractivity contribution in [1.82, 2.24) is 0 Å². The van der Waals surface area contributed by atoms with E-state index in [2.05, 4.69) is 10.1 Å². The predicted octanol–water partition coefficient (Wildman–Crippen LogP) is 2.46. The molecule has 0 unspecified atom stereocenters. The van der Waals surface area contributed by atoms with Crippen LogP contribution >= 0.6 is 0 Å². The molecule has 7 heteroatoms. The maximum Gasteiger partial charge on any atom is 0.270 e. The fourth-order valence-corrected chi connectivity index (χ4v) is 2.99. The van der Waals surface area contributed by atoms with Gasteiger partial charge in [-0.2, -0.15) is 0 Å². The normalized spacial score (nSPS) is 16.1. The fraction of sp³-hybridized carbons (Fsp3) is 0.500. The number of anilines is 1. The molecule has 1 fully saturated rings. The Bertz CT molecular complexity index is 553. The van der Waals surface area contributed by atoms with E-state index in [0.717, 1.165) is 25.1 Å². The van der Waals surface area contributed by atoms with E-state index < -0.39 is 4.92 Å². The molecule has 0 aliphatic heterocycles. The summed E-state index contributed by atoms with van der Waals surface area (Å²) in [6.45, 7) is 2.81. The van der Waals surface area contributed by atoms with Gasteiger partial charge in [0.05, 0.1) is 10.5 Å². The Kier molecular flexibility index (Phi) is 4.62. The average Bonchev–Trinajstić information content (AvgIpc) is 3.01. The molecule has 0 atom stereocenters. The van der Waals surface area contributed by atoms with Crippen molar-refractivity contribution in [1.29, 1.82) is 0 Å². The van der Waals surface area contributed by atoms with E-state index in [-0.39, 0.29) is 11.5 Å². The van der Waals surface area contributed by atoms with Crippen molar-refractivity contribution in [3.8, 4) is 0 Å². The molecule has 0 bridgehead atoms. The van der Waals surface area contributed by atoms with E-state index in [1.807, 2.05) is 6.92 Å². The Balaban J connectivity index is 2.47. The monoisotopic (exact) mass is 292 g/mol. The third kappa shape index (κ3) is 3.07. The van der Waals surface area contributed by atoms with Gasteiger partial charge < -0.3 is 15.8 Å². The van der Waals surface area contributed by atoms with Crippen LogP contribution < -0.4 is 10.6 Å². The Morgan fingerprint density at radius 2 is 2.19 bits per heavy atom. The van der Waals surface area contributed by atoms with Crippen molar-refractivity contribution in [3.05, 3.63) is 33.9 Å². The Labute approximate surface area is 123 Å². The Hall–Kier alpha value is -2.31. The van der Waals surface area contributed by atoms with Gasteiger partial charge in [0.2, 0.25) is 0 Å². The number of hydrogen-bond donors (Lipinski definition) is 2. The van der Waals surface area contributed by atoms with Gasteiger partial charge in [0.15, 0.2) is 5.84 Å². The van der Waals surface area contributed by atoms with Crippen molar-refractivity contribution in [2.75, 3.05) is 11.4 Å². The lowest BCUT2D eigenvalue weighted by molar-refractivity contribution is -0.384. The summed E-state index contributed by atoms with van der Waals surface area (Å²) in [5.74, 6) is -0.106. The van der Waals surface area contributed by atoms with Gasteiger partial charge in [0, 0.05) is 30.4 Å². The van der Waals surface area contributed by atoms with Gasteiger partial charge in [-0.15, -0.1) is 0 Å². The highest BCUT2D eigenvalue weighted by Gasteiger charge is 2.25. The van der Waals surface area contributed by atoms with Crippen LogP contribution in [-0.2, 0) is 0 Å². The number of amidine groups is 1. The summed E-state index contributed by atoms with van der Waals surface area (Å²) in [6.07, 6.45) is 4.57. The SMILES string of the molecule is CCN(c1ccc([N+](=O)[O-])cc1C(N)=NO)C1CCCC1. The average molecular weight is 292 g/mol. The van der Waals surface area contributed by atoms with Gasteiger partial charge in [0.1, 0.15) is 0 Å². The highest BCUT2D eigenvalue weighted by molar-refractivity contribution is 6.02. The van der Waals surface area contributed by atoms with Gasteiger partial charge in [-0.05, 0) is 25.8 Å². The first kappa shape index (κ1) is 15.1. The fourth-order valence-electron chi connectivity index (χ4n) is 2.99. The summed E-state index contributed by atoms with van der Waals surface area (Å²) in [7, 11) is 0. The lowest BCUT2D eigenvalue weighted by Gasteiger charge is -2.31. The van der Waals surface area contributed by atoms with Crippen molar-refractivity contribution in [2.24, 2.45) is 10.9 Å². The molecule has 2 rings (SSSR count). The van der Waals surface area contributed by atoms with Crippen molar-refractivity contribution in [2.45, 2.75) is 38.6 Å². The molecule has 7 nitrogen and oxygen atoms in total. The minimum atomic E-state index is -0.482. The number of nitrogens with two attached hydrogens (primary N) is 1. The topological polar surface area (TPSA) is 105 Å². The molecule has 0 heterocycles. The first-order valence-electron chi connectivity index (χ1n) is 7.11. The summed E-state index contributed by atoms with van der Waals surface area (Å²) >= 11 is 0. The zero-order chi connectivity index (χ0) is 15.4. The summed E-state index contributed by atoms with van der Waals surface area (Å²) in [6, 6.07) is 4.91. The molecular formula is C14H20N4O3. The van der Waals surface area contributed by atoms with Crippen LogP contribution in [0, 0.1) is 10.1 Å². The molecule has 0 amide bonds. The van der Waals surface area contributed by atoms with Crippen LogP contribution in [0.3, 0.4) is 0 Å². The molecule has 0 saturated heterocycles. The van der Waals surface area contributed by atoms with E-state index in [4.69, 9.17) is 10.9 Å². The summed E-state index contributed by atoms with van der Waals surface area (Å²) in [4.78, 5) is 12.6. The van der Waals surface area contributed by atoms with Crippen LogP contribution in [-0.4, -0.2) is 28.6 Å². The standard InChI is InChI=1S/C14H20N4O3/c1-2-17(10-5-3-4-6-10)13-8-7-11(18(20)21)9-12(13)14(15)16-19/h7-10,19H,2-6H2,1H3,(H2,15,16). The van der Waals surface area contributed by atoms with E-state index in [9.17, 15) is 10.1 Å². The van der Waals surface area contributed by atoms with Crippen LogP contribution in [0.1, 0.15) is 38.2 Å². The smallest absolute Gasteiger partial charge is 0.270 e. The zero-order valence-electron chi connectivity index (χ0n) is 12.0. The number of nitro benzene ring substituents is 1. The number of nitro groups is 1. The number of nitrogens with zero attached hydrogens (tertiary/aromatic N) is 3. The molecule has 0 radical (unpaired) electrons. The molecule has 1 aromatic carbocycles. The number of hydrogen-bond acceptors (Lipinski definition) is 5. The minimum absolute atomic E-state index is 0.0668. The van der Waals surface area contributed by atoms with Crippen LogP contribution in [0.25, 0.3) is 0 Å². The van der Waals surface area contributed by atoms with Gasteiger partial charge in [-0.25, -0.2) is 0 Å². The second kappa shape index (κ2) is 6.43. The molecule has 3 N–H and O–H groups in total. The second-order valence-corrected chi connectivity index (χ2v) is 5.17. The second-order valence-electron chi connectivity index (χ2n) is 5.17. The molecule has 114 valence electrons. The van der Waals surface area contributed by atoms with Crippen LogP contribution in [0.2, 0.25) is 0 Å². The van der Waals surface area contributed by atoms with Gasteiger partial charge in [-0.1, -0.05) is 18.0 Å². The van der Waals surface area contributed by atoms with Crippen LogP contribution in [0.4, 0.5) is 11.4 Å². The minimum Gasteiger partial charge on any atom is -0.409 e.